The molecule has 0 radical (unpaired) electrons. The maximum atomic E-state index is 5.73. The summed E-state index contributed by atoms with van der Waals surface area (Å²) in [6, 6.07) is 4.53. The summed E-state index contributed by atoms with van der Waals surface area (Å²) in [5.74, 6) is 0.875. The number of methoxy groups -OCH3 is 1. The third kappa shape index (κ3) is 4.80. The van der Waals surface area contributed by atoms with Crippen molar-refractivity contribution in [2.45, 2.75) is 46.2 Å². The van der Waals surface area contributed by atoms with Crippen molar-refractivity contribution in [3.63, 3.8) is 0 Å². The van der Waals surface area contributed by atoms with E-state index in [4.69, 9.17) is 10.5 Å². The molecule has 2 N–H and O–H groups in total. The third-order valence-electron chi connectivity index (χ3n) is 3.46. The Kier molecular flexibility index (Phi) is 6.81. The number of nitrogens with zero attached hydrogens (tertiary/aromatic N) is 2. The van der Waals surface area contributed by atoms with E-state index in [0.717, 1.165) is 43.1 Å². The lowest BCUT2D eigenvalue weighted by molar-refractivity contribution is 0.180. The van der Waals surface area contributed by atoms with E-state index < -0.39 is 0 Å². The summed E-state index contributed by atoms with van der Waals surface area (Å²) in [5, 5.41) is 0. The second-order valence-corrected chi connectivity index (χ2v) is 4.87. The summed E-state index contributed by atoms with van der Waals surface area (Å²) >= 11 is 0. The molecule has 1 heterocycles. The summed E-state index contributed by atoms with van der Waals surface area (Å²) in [4.78, 5) is 7.01. The summed E-state index contributed by atoms with van der Waals surface area (Å²) in [5.41, 5.74) is 7.77. The molecular formula is C15H27N3O. The minimum absolute atomic E-state index is 0.567. The highest BCUT2D eigenvalue weighted by molar-refractivity contribution is 5.26. The monoisotopic (exact) mass is 265 g/mol. The van der Waals surface area contributed by atoms with Crippen LogP contribution in [0.4, 0.5) is 0 Å². The lowest BCUT2D eigenvalue weighted by Crippen LogP contribution is -2.37. The molecule has 19 heavy (non-hydrogen) atoms. The first-order chi connectivity index (χ1) is 9.14. The van der Waals surface area contributed by atoms with Crippen molar-refractivity contribution in [2.75, 3.05) is 20.2 Å². The van der Waals surface area contributed by atoms with Gasteiger partial charge in [0.25, 0.3) is 0 Å². The first kappa shape index (κ1) is 15.9. The number of nitrogens with two attached hydrogens (primary N) is 1. The van der Waals surface area contributed by atoms with E-state index in [9.17, 15) is 0 Å². The van der Waals surface area contributed by atoms with E-state index in [-0.39, 0.29) is 0 Å². The standard InChI is InChI=1S/C15H27N3O/c1-5-14(6-2)18(8-7-16)11-13-10-15(19-4)9-12(3)17-13/h9-10,14H,5-8,11,16H2,1-4H3. The van der Waals surface area contributed by atoms with E-state index >= 15 is 0 Å². The normalized spacial score (nSPS) is 11.3. The van der Waals surface area contributed by atoms with Crippen molar-refractivity contribution in [1.29, 1.82) is 0 Å². The first-order valence-corrected chi connectivity index (χ1v) is 7.10. The van der Waals surface area contributed by atoms with Gasteiger partial charge in [0.1, 0.15) is 5.75 Å². The second-order valence-electron chi connectivity index (χ2n) is 4.87. The van der Waals surface area contributed by atoms with Crippen LogP contribution in [-0.4, -0.2) is 36.1 Å². The summed E-state index contributed by atoms with van der Waals surface area (Å²) in [6.07, 6.45) is 2.28. The molecule has 1 rings (SSSR count). The Morgan fingerprint density at radius 3 is 2.53 bits per heavy atom. The Morgan fingerprint density at radius 1 is 1.32 bits per heavy atom. The average Bonchev–Trinajstić information content (AvgIpc) is 2.39. The number of rotatable bonds is 8. The quantitative estimate of drug-likeness (QED) is 0.784. The van der Waals surface area contributed by atoms with Gasteiger partial charge in [0, 0.05) is 43.5 Å². The van der Waals surface area contributed by atoms with Gasteiger partial charge in [-0.15, -0.1) is 0 Å². The topological polar surface area (TPSA) is 51.4 Å². The highest BCUT2D eigenvalue weighted by Crippen LogP contribution is 2.17. The van der Waals surface area contributed by atoms with Crippen molar-refractivity contribution in [3.8, 4) is 5.75 Å². The summed E-state index contributed by atoms with van der Waals surface area (Å²) < 4.78 is 5.31. The predicted molar refractivity (Wildman–Crippen MR) is 79.4 cm³/mol. The van der Waals surface area contributed by atoms with Crippen LogP contribution in [0.1, 0.15) is 38.1 Å². The molecule has 0 aromatic carbocycles. The van der Waals surface area contributed by atoms with Crippen LogP contribution in [0.5, 0.6) is 5.75 Å². The summed E-state index contributed by atoms with van der Waals surface area (Å²) in [7, 11) is 1.69. The highest BCUT2D eigenvalue weighted by atomic mass is 16.5. The SMILES string of the molecule is CCC(CC)N(CCN)Cc1cc(OC)cc(C)n1. The van der Waals surface area contributed by atoms with E-state index in [1.54, 1.807) is 7.11 Å². The molecule has 0 aliphatic rings. The molecule has 0 atom stereocenters. The molecule has 0 aliphatic carbocycles. The van der Waals surface area contributed by atoms with Crippen LogP contribution in [-0.2, 0) is 6.54 Å². The molecular weight excluding hydrogens is 238 g/mol. The van der Waals surface area contributed by atoms with E-state index in [2.05, 4.69) is 23.7 Å². The van der Waals surface area contributed by atoms with Crippen molar-refractivity contribution >= 4 is 0 Å². The van der Waals surface area contributed by atoms with Crippen LogP contribution >= 0.6 is 0 Å². The van der Waals surface area contributed by atoms with E-state index in [1.807, 2.05) is 19.1 Å². The van der Waals surface area contributed by atoms with Crippen LogP contribution in [0.3, 0.4) is 0 Å². The zero-order valence-corrected chi connectivity index (χ0v) is 12.6. The van der Waals surface area contributed by atoms with Crippen LogP contribution in [0.2, 0.25) is 0 Å². The molecule has 0 fully saturated rings. The molecule has 0 saturated carbocycles. The molecule has 0 saturated heterocycles. The molecule has 4 heteroatoms. The van der Waals surface area contributed by atoms with Gasteiger partial charge in [-0.05, 0) is 19.8 Å². The van der Waals surface area contributed by atoms with Crippen molar-refractivity contribution in [3.05, 3.63) is 23.5 Å². The molecule has 0 aliphatic heterocycles. The highest BCUT2D eigenvalue weighted by Gasteiger charge is 2.15. The van der Waals surface area contributed by atoms with Gasteiger partial charge in [0.15, 0.2) is 0 Å². The number of pyridine rings is 1. The van der Waals surface area contributed by atoms with Gasteiger partial charge in [-0.25, -0.2) is 0 Å². The number of hydrogen-bond acceptors (Lipinski definition) is 4. The Hall–Kier alpha value is -1.13. The van der Waals surface area contributed by atoms with E-state index in [0.29, 0.717) is 12.6 Å². The van der Waals surface area contributed by atoms with Gasteiger partial charge in [-0.2, -0.15) is 0 Å². The molecule has 1 aromatic heterocycles. The first-order valence-electron chi connectivity index (χ1n) is 7.10. The number of aryl methyl sites for hydroxylation is 1. The fraction of sp³-hybridized carbons (Fsp3) is 0.667. The predicted octanol–water partition coefficient (Wildman–Crippen LogP) is 2.35. The Morgan fingerprint density at radius 2 is 2.00 bits per heavy atom. The van der Waals surface area contributed by atoms with E-state index in [1.165, 1.54) is 0 Å². The molecule has 0 bridgehead atoms. The number of aromatic nitrogens is 1. The zero-order chi connectivity index (χ0) is 14.3. The lowest BCUT2D eigenvalue weighted by Gasteiger charge is -2.29. The molecule has 0 spiro atoms. The van der Waals surface area contributed by atoms with Crippen molar-refractivity contribution < 1.29 is 4.74 Å². The van der Waals surface area contributed by atoms with Crippen molar-refractivity contribution in [1.82, 2.24) is 9.88 Å². The van der Waals surface area contributed by atoms with Gasteiger partial charge in [0.05, 0.1) is 12.8 Å². The fourth-order valence-corrected chi connectivity index (χ4v) is 2.47. The van der Waals surface area contributed by atoms with Gasteiger partial charge in [0.2, 0.25) is 0 Å². The van der Waals surface area contributed by atoms with Gasteiger partial charge < -0.3 is 10.5 Å². The Bertz CT molecular complexity index is 378. The Labute approximate surface area is 117 Å². The molecule has 4 nitrogen and oxygen atoms in total. The van der Waals surface area contributed by atoms with Gasteiger partial charge >= 0.3 is 0 Å². The average molecular weight is 265 g/mol. The second kappa shape index (κ2) is 8.12. The lowest BCUT2D eigenvalue weighted by atomic mass is 10.1. The van der Waals surface area contributed by atoms with Gasteiger partial charge in [-0.3, -0.25) is 9.88 Å². The van der Waals surface area contributed by atoms with Crippen LogP contribution in [0.15, 0.2) is 12.1 Å². The minimum Gasteiger partial charge on any atom is -0.497 e. The van der Waals surface area contributed by atoms with Crippen LogP contribution in [0, 0.1) is 6.92 Å². The molecule has 108 valence electrons. The zero-order valence-electron chi connectivity index (χ0n) is 12.6. The largest absolute Gasteiger partial charge is 0.497 e. The Balaban J connectivity index is 2.86. The smallest absolute Gasteiger partial charge is 0.122 e. The van der Waals surface area contributed by atoms with Crippen LogP contribution < -0.4 is 10.5 Å². The van der Waals surface area contributed by atoms with Crippen LogP contribution in [0.25, 0.3) is 0 Å². The molecule has 0 amide bonds. The maximum absolute atomic E-state index is 5.73. The third-order valence-corrected chi connectivity index (χ3v) is 3.46. The summed E-state index contributed by atoms with van der Waals surface area (Å²) in [6.45, 7) is 8.87. The molecule has 1 aromatic rings. The fourth-order valence-electron chi connectivity index (χ4n) is 2.47. The molecule has 0 unspecified atom stereocenters. The van der Waals surface area contributed by atoms with Gasteiger partial charge in [-0.1, -0.05) is 13.8 Å². The number of hydrogen-bond donors (Lipinski definition) is 1. The minimum atomic E-state index is 0.567. The number of ether oxygens (including phenoxy) is 1. The maximum Gasteiger partial charge on any atom is 0.122 e. The van der Waals surface area contributed by atoms with Crippen molar-refractivity contribution in [2.24, 2.45) is 5.73 Å².